The van der Waals surface area contributed by atoms with Gasteiger partial charge in [-0.15, -0.1) is 0 Å². The zero-order chi connectivity index (χ0) is 15.7. The summed E-state index contributed by atoms with van der Waals surface area (Å²) >= 11 is 3.64. The normalized spacial score (nSPS) is 54.6. The van der Waals surface area contributed by atoms with E-state index < -0.39 is 0 Å². The standard InChI is InChI=1S/C19H27BrO2/c1-18-7-5-12(21)9-11(18)3-4-13-14(18)6-8-19(2)15(13)10-16(20)17(19)22/h11,13-16H,3-10H2,1-2H3/t11-,13+,14-,15-,16+,18-,19-/m0/s1. The number of fused-ring (bicyclic) bond motifs is 5. The average Bonchev–Trinajstić information content (AvgIpc) is 2.72. The van der Waals surface area contributed by atoms with Gasteiger partial charge in [-0.3, -0.25) is 9.59 Å². The zero-order valence-corrected chi connectivity index (χ0v) is 15.3. The van der Waals surface area contributed by atoms with E-state index in [4.69, 9.17) is 0 Å². The first-order valence-electron chi connectivity index (χ1n) is 9.06. The first-order chi connectivity index (χ1) is 10.4. The molecule has 0 aromatic carbocycles. The summed E-state index contributed by atoms with van der Waals surface area (Å²) in [6.45, 7) is 4.70. The van der Waals surface area contributed by atoms with E-state index in [2.05, 4.69) is 29.8 Å². The molecule has 122 valence electrons. The van der Waals surface area contributed by atoms with Crippen LogP contribution in [0.3, 0.4) is 0 Å². The van der Waals surface area contributed by atoms with Gasteiger partial charge in [0.05, 0.1) is 4.83 Å². The lowest BCUT2D eigenvalue weighted by molar-refractivity contribution is -0.144. The molecule has 0 N–H and O–H groups in total. The Kier molecular flexibility index (Phi) is 3.43. The second kappa shape index (κ2) is 4.91. The molecule has 0 bridgehead atoms. The number of carbonyl (C=O) groups is 2. The van der Waals surface area contributed by atoms with Crippen LogP contribution in [0.15, 0.2) is 0 Å². The largest absolute Gasteiger partial charge is 0.300 e. The minimum atomic E-state index is -0.0803. The number of carbonyl (C=O) groups excluding carboxylic acids is 2. The Labute approximate surface area is 141 Å². The van der Waals surface area contributed by atoms with Crippen LogP contribution >= 0.6 is 15.9 Å². The van der Waals surface area contributed by atoms with E-state index in [-0.39, 0.29) is 10.2 Å². The summed E-state index contributed by atoms with van der Waals surface area (Å²) in [7, 11) is 0. The summed E-state index contributed by atoms with van der Waals surface area (Å²) in [5, 5.41) is 0. The van der Waals surface area contributed by atoms with E-state index in [0.29, 0.717) is 34.7 Å². The Morgan fingerprint density at radius 2 is 1.82 bits per heavy atom. The fraction of sp³-hybridized carbons (Fsp3) is 0.895. The third-order valence-corrected chi connectivity index (χ3v) is 8.97. The highest BCUT2D eigenvalue weighted by molar-refractivity contribution is 9.10. The fourth-order valence-corrected chi connectivity index (χ4v) is 7.72. The van der Waals surface area contributed by atoms with Gasteiger partial charge in [-0.25, -0.2) is 0 Å². The van der Waals surface area contributed by atoms with Gasteiger partial charge in [0.1, 0.15) is 5.78 Å². The molecule has 4 rings (SSSR count). The predicted molar refractivity (Wildman–Crippen MR) is 89.8 cm³/mol. The summed E-state index contributed by atoms with van der Waals surface area (Å²) < 4.78 is 0. The monoisotopic (exact) mass is 366 g/mol. The number of hydrogen-bond donors (Lipinski definition) is 0. The molecule has 0 saturated heterocycles. The van der Waals surface area contributed by atoms with Crippen molar-refractivity contribution in [2.75, 3.05) is 0 Å². The Balaban J connectivity index is 1.66. The van der Waals surface area contributed by atoms with Crippen LogP contribution in [0.4, 0.5) is 0 Å². The summed E-state index contributed by atoms with van der Waals surface area (Å²) in [5.41, 5.74) is 0.272. The lowest BCUT2D eigenvalue weighted by Gasteiger charge is -2.59. The molecule has 4 saturated carbocycles. The van der Waals surface area contributed by atoms with E-state index in [1.807, 2.05) is 0 Å². The number of ketones is 2. The van der Waals surface area contributed by atoms with Gasteiger partial charge >= 0.3 is 0 Å². The lowest BCUT2D eigenvalue weighted by Crippen LogP contribution is -2.53. The van der Waals surface area contributed by atoms with Crippen molar-refractivity contribution in [3.63, 3.8) is 0 Å². The van der Waals surface area contributed by atoms with Crippen LogP contribution in [-0.4, -0.2) is 16.4 Å². The molecule has 2 nitrogen and oxygen atoms in total. The van der Waals surface area contributed by atoms with Gasteiger partial charge in [-0.1, -0.05) is 29.8 Å². The highest BCUT2D eigenvalue weighted by Gasteiger charge is 2.61. The molecular weight excluding hydrogens is 340 g/mol. The molecule has 0 aromatic rings. The van der Waals surface area contributed by atoms with Crippen molar-refractivity contribution in [2.24, 2.45) is 34.5 Å². The molecule has 0 aliphatic heterocycles. The predicted octanol–water partition coefficient (Wildman–Crippen LogP) is 4.54. The van der Waals surface area contributed by atoms with Crippen LogP contribution in [0.1, 0.15) is 65.2 Å². The molecule has 4 aliphatic carbocycles. The smallest absolute Gasteiger partial charge is 0.152 e. The van der Waals surface area contributed by atoms with Gasteiger partial charge in [0.25, 0.3) is 0 Å². The number of Topliss-reactive ketones (excluding diaryl/α,β-unsaturated/α-hetero) is 2. The topological polar surface area (TPSA) is 34.1 Å². The Bertz CT molecular complexity index is 530. The fourth-order valence-electron chi connectivity index (χ4n) is 6.79. The van der Waals surface area contributed by atoms with Crippen LogP contribution in [0, 0.1) is 34.5 Å². The molecule has 0 spiro atoms. The summed E-state index contributed by atoms with van der Waals surface area (Å²) in [6.07, 6.45) is 8.45. The third-order valence-electron chi connectivity index (χ3n) is 8.18. The van der Waals surface area contributed by atoms with Gasteiger partial charge in [0, 0.05) is 18.3 Å². The molecule has 0 aromatic heterocycles. The summed E-state index contributed by atoms with van der Waals surface area (Å²) in [4.78, 5) is 24.6. The maximum atomic E-state index is 12.6. The summed E-state index contributed by atoms with van der Waals surface area (Å²) in [6, 6.07) is 0. The van der Waals surface area contributed by atoms with Crippen LogP contribution < -0.4 is 0 Å². The van der Waals surface area contributed by atoms with E-state index in [0.717, 1.165) is 38.0 Å². The quantitative estimate of drug-likeness (QED) is 0.589. The molecule has 0 radical (unpaired) electrons. The Hall–Kier alpha value is -0.180. The third kappa shape index (κ3) is 1.90. The first kappa shape index (κ1) is 15.4. The van der Waals surface area contributed by atoms with Crippen LogP contribution in [-0.2, 0) is 9.59 Å². The number of rotatable bonds is 0. The van der Waals surface area contributed by atoms with Crippen LogP contribution in [0.5, 0.6) is 0 Å². The van der Waals surface area contributed by atoms with E-state index in [1.165, 1.54) is 19.3 Å². The Morgan fingerprint density at radius 1 is 1.05 bits per heavy atom. The molecule has 7 atom stereocenters. The molecule has 22 heavy (non-hydrogen) atoms. The van der Waals surface area contributed by atoms with Crippen molar-refractivity contribution in [2.45, 2.75) is 70.0 Å². The Morgan fingerprint density at radius 3 is 2.59 bits per heavy atom. The minimum Gasteiger partial charge on any atom is -0.300 e. The molecule has 0 heterocycles. The zero-order valence-electron chi connectivity index (χ0n) is 13.7. The van der Waals surface area contributed by atoms with Gasteiger partial charge in [-0.2, -0.15) is 0 Å². The van der Waals surface area contributed by atoms with Crippen LogP contribution in [0.25, 0.3) is 0 Å². The van der Waals surface area contributed by atoms with Crippen molar-refractivity contribution >= 4 is 27.5 Å². The average molecular weight is 367 g/mol. The van der Waals surface area contributed by atoms with Crippen molar-refractivity contribution in [1.29, 1.82) is 0 Å². The molecule has 4 fully saturated rings. The highest BCUT2D eigenvalue weighted by Crippen LogP contribution is 2.65. The van der Waals surface area contributed by atoms with Gasteiger partial charge in [0.15, 0.2) is 5.78 Å². The molecule has 0 amide bonds. The summed E-state index contributed by atoms with van der Waals surface area (Å²) in [5.74, 6) is 3.57. The maximum absolute atomic E-state index is 12.6. The molecule has 4 aliphatic rings. The SMILES string of the molecule is C[C@]12CCC(=O)C[C@@H]1CC[C@@H]1[C@@H]2CC[C@]2(C)C(=O)[C@H](Br)C[C@@H]12. The first-order valence-corrected chi connectivity index (χ1v) is 9.98. The van der Waals surface area contributed by atoms with Gasteiger partial charge in [-0.05, 0) is 67.6 Å². The number of alkyl halides is 1. The number of hydrogen-bond acceptors (Lipinski definition) is 2. The molecular formula is C19H27BrO2. The van der Waals surface area contributed by atoms with Crippen LogP contribution in [0.2, 0.25) is 0 Å². The van der Waals surface area contributed by atoms with E-state index in [9.17, 15) is 9.59 Å². The molecule has 0 unspecified atom stereocenters. The maximum Gasteiger partial charge on any atom is 0.152 e. The van der Waals surface area contributed by atoms with Crippen molar-refractivity contribution < 1.29 is 9.59 Å². The van der Waals surface area contributed by atoms with Crippen molar-refractivity contribution in [1.82, 2.24) is 0 Å². The van der Waals surface area contributed by atoms with E-state index in [1.54, 1.807) is 0 Å². The van der Waals surface area contributed by atoms with Gasteiger partial charge in [0.2, 0.25) is 0 Å². The second-order valence-corrected chi connectivity index (χ2v) is 10.0. The second-order valence-electron chi connectivity index (χ2n) is 8.92. The highest BCUT2D eigenvalue weighted by atomic mass is 79.9. The molecule has 3 heteroatoms. The van der Waals surface area contributed by atoms with E-state index >= 15 is 0 Å². The number of halogens is 1. The minimum absolute atomic E-state index is 0.0803. The van der Waals surface area contributed by atoms with Gasteiger partial charge < -0.3 is 0 Å². The van der Waals surface area contributed by atoms with Crippen molar-refractivity contribution in [3.05, 3.63) is 0 Å². The van der Waals surface area contributed by atoms with Crippen molar-refractivity contribution in [3.8, 4) is 0 Å². The lowest BCUT2D eigenvalue weighted by atomic mass is 9.45.